The molecule has 2 rings (SSSR count). The van der Waals surface area contributed by atoms with Gasteiger partial charge in [0.05, 0.1) is 22.1 Å². The Bertz CT molecular complexity index is 718. The Morgan fingerprint density at radius 3 is 2.67 bits per heavy atom. The zero-order chi connectivity index (χ0) is 15.6. The fraction of sp³-hybridized carbons (Fsp3) is 0.133. The summed E-state index contributed by atoms with van der Waals surface area (Å²) in [4.78, 5) is 27.2. The summed E-state index contributed by atoms with van der Waals surface area (Å²) < 4.78 is 0. The van der Waals surface area contributed by atoms with Gasteiger partial charge in [0.1, 0.15) is 5.75 Å². The third kappa shape index (κ3) is 3.58. The smallest absolute Gasteiger partial charge is 0.221 e. The van der Waals surface area contributed by atoms with Gasteiger partial charge in [0.25, 0.3) is 0 Å². The number of carbonyl (C=O) groups excluding carboxylic acids is 2. The van der Waals surface area contributed by atoms with E-state index in [-0.39, 0.29) is 28.2 Å². The molecule has 1 amide bonds. The van der Waals surface area contributed by atoms with Crippen LogP contribution in [0.4, 0.5) is 5.69 Å². The number of ketones is 1. The number of allylic oxidation sites excluding steroid dienone is 3. The first-order valence-corrected chi connectivity index (χ1v) is 6.54. The minimum absolute atomic E-state index is 0.0267. The number of hydrogen-bond acceptors (Lipinski definition) is 4. The van der Waals surface area contributed by atoms with Crippen LogP contribution >= 0.6 is 11.6 Å². The fourth-order valence-corrected chi connectivity index (χ4v) is 1.96. The highest BCUT2D eigenvalue weighted by Crippen LogP contribution is 2.28. The lowest BCUT2D eigenvalue weighted by molar-refractivity contribution is -0.120. The number of aliphatic imine (C=N–C) groups is 1. The third-order valence-corrected chi connectivity index (χ3v) is 3.09. The summed E-state index contributed by atoms with van der Waals surface area (Å²) in [5.41, 5.74) is 1.93. The second-order valence-electron chi connectivity index (χ2n) is 4.56. The lowest BCUT2D eigenvalue weighted by Gasteiger charge is -2.13. The summed E-state index contributed by atoms with van der Waals surface area (Å²) in [6.07, 6.45) is 2.92. The van der Waals surface area contributed by atoms with E-state index in [9.17, 15) is 14.7 Å². The van der Waals surface area contributed by atoms with Crippen molar-refractivity contribution in [3.63, 3.8) is 0 Å². The van der Waals surface area contributed by atoms with Gasteiger partial charge in [0.15, 0.2) is 0 Å². The summed E-state index contributed by atoms with van der Waals surface area (Å²) in [5, 5.41) is 12.0. The van der Waals surface area contributed by atoms with Crippen LogP contribution in [0.25, 0.3) is 0 Å². The first kappa shape index (κ1) is 15.0. The minimum atomic E-state index is -0.324. The lowest BCUT2D eigenvalue weighted by Crippen LogP contribution is -2.27. The molecule has 1 aliphatic carbocycles. The molecule has 0 unspecified atom stereocenters. The van der Waals surface area contributed by atoms with Crippen LogP contribution in [0.3, 0.4) is 0 Å². The molecule has 0 saturated carbocycles. The molecule has 1 aromatic carbocycles. The highest BCUT2D eigenvalue weighted by atomic mass is 35.5. The Balaban J connectivity index is 2.40. The van der Waals surface area contributed by atoms with Gasteiger partial charge < -0.3 is 10.4 Å². The lowest BCUT2D eigenvalue weighted by atomic mass is 10.0. The molecule has 0 fully saturated rings. The maximum atomic E-state index is 11.8. The number of phenols is 1. The van der Waals surface area contributed by atoms with E-state index in [2.05, 4.69) is 10.3 Å². The maximum absolute atomic E-state index is 11.8. The van der Waals surface area contributed by atoms with Crippen molar-refractivity contribution in [1.82, 2.24) is 5.32 Å². The molecule has 108 valence electrons. The van der Waals surface area contributed by atoms with Crippen molar-refractivity contribution < 1.29 is 14.7 Å². The van der Waals surface area contributed by atoms with E-state index >= 15 is 0 Å². The van der Waals surface area contributed by atoms with Crippen molar-refractivity contribution in [3.8, 4) is 5.75 Å². The number of hydrogen-bond donors (Lipinski definition) is 2. The number of amides is 1. The summed E-state index contributed by atoms with van der Waals surface area (Å²) in [5.74, 6) is -0.624. The van der Waals surface area contributed by atoms with E-state index in [1.807, 2.05) is 0 Å². The summed E-state index contributed by atoms with van der Waals surface area (Å²) in [6.45, 7) is 3.08. The molecule has 0 aliphatic heterocycles. The number of nitrogens with one attached hydrogen (secondary N) is 1. The Labute approximate surface area is 126 Å². The van der Waals surface area contributed by atoms with Crippen LogP contribution in [0.15, 0.2) is 46.6 Å². The topological polar surface area (TPSA) is 78.8 Å². The average Bonchev–Trinajstić information content (AvgIpc) is 2.39. The molecule has 0 atom stereocenters. The second kappa shape index (κ2) is 5.93. The minimum Gasteiger partial charge on any atom is -0.506 e. The van der Waals surface area contributed by atoms with E-state index in [1.165, 1.54) is 31.2 Å². The average molecular weight is 305 g/mol. The maximum Gasteiger partial charge on any atom is 0.221 e. The molecule has 1 aliphatic rings. The second-order valence-corrected chi connectivity index (χ2v) is 4.97. The summed E-state index contributed by atoms with van der Waals surface area (Å²) in [6, 6.07) is 4.55. The van der Waals surface area contributed by atoms with Gasteiger partial charge in [0, 0.05) is 6.92 Å². The van der Waals surface area contributed by atoms with Crippen LogP contribution < -0.4 is 5.32 Å². The van der Waals surface area contributed by atoms with Crippen LogP contribution in [0, 0.1) is 0 Å². The molecule has 2 N–H and O–H groups in total. The Morgan fingerprint density at radius 1 is 1.33 bits per heavy atom. The van der Waals surface area contributed by atoms with Gasteiger partial charge in [-0.05, 0) is 42.8 Å². The fourth-order valence-electron chi connectivity index (χ4n) is 1.78. The van der Waals surface area contributed by atoms with Crippen molar-refractivity contribution in [2.45, 2.75) is 13.8 Å². The molecular formula is C15H13ClN2O3. The van der Waals surface area contributed by atoms with Gasteiger partial charge in [-0.25, -0.2) is 4.99 Å². The Kier molecular flexibility index (Phi) is 4.23. The molecule has 0 spiro atoms. The number of rotatable bonds is 2. The molecule has 0 bridgehead atoms. The van der Waals surface area contributed by atoms with Crippen molar-refractivity contribution in [3.05, 3.63) is 46.6 Å². The molecule has 0 aromatic heterocycles. The van der Waals surface area contributed by atoms with Crippen molar-refractivity contribution in [1.29, 1.82) is 0 Å². The quantitative estimate of drug-likeness (QED) is 0.824. The van der Waals surface area contributed by atoms with Crippen LogP contribution in [-0.2, 0) is 9.59 Å². The standard InChI is InChI=1S/C15H13ClN2O3/c1-8-5-15(21)13(17-9(2)19)7-12(8)18-10-3-4-14(20)11(16)6-10/h3-7,20H,1-2H3,(H,17,19). The van der Waals surface area contributed by atoms with Crippen molar-refractivity contribution in [2.24, 2.45) is 4.99 Å². The van der Waals surface area contributed by atoms with Gasteiger partial charge >= 0.3 is 0 Å². The number of halogens is 1. The van der Waals surface area contributed by atoms with Crippen LogP contribution in [-0.4, -0.2) is 22.5 Å². The predicted octanol–water partition coefficient (Wildman–Crippen LogP) is 2.67. The molecule has 1 aromatic rings. The molecule has 0 heterocycles. The summed E-state index contributed by atoms with van der Waals surface area (Å²) >= 11 is 5.83. The van der Waals surface area contributed by atoms with Crippen molar-refractivity contribution in [2.75, 3.05) is 0 Å². The molecular weight excluding hydrogens is 292 g/mol. The van der Waals surface area contributed by atoms with E-state index in [0.29, 0.717) is 17.0 Å². The SMILES string of the molecule is CC(=O)NC1=CC(=Nc2ccc(O)c(Cl)c2)C(C)=CC1=O. The van der Waals surface area contributed by atoms with E-state index in [1.54, 1.807) is 13.0 Å². The number of aromatic hydroxyl groups is 1. The van der Waals surface area contributed by atoms with E-state index in [4.69, 9.17) is 11.6 Å². The molecule has 5 nitrogen and oxygen atoms in total. The van der Waals surface area contributed by atoms with Gasteiger partial charge in [-0.2, -0.15) is 0 Å². The highest BCUT2D eigenvalue weighted by molar-refractivity contribution is 6.32. The van der Waals surface area contributed by atoms with Crippen LogP contribution in [0.2, 0.25) is 5.02 Å². The van der Waals surface area contributed by atoms with Crippen LogP contribution in [0.1, 0.15) is 13.8 Å². The monoisotopic (exact) mass is 304 g/mol. The number of nitrogens with zero attached hydrogens (tertiary/aromatic N) is 1. The van der Waals surface area contributed by atoms with Gasteiger partial charge in [-0.15, -0.1) is 0 Å². The summed E-state index contributed by atoms with van der Waals surface area (Å²) in [7, 11) is 0. The highest BCUT2D eigenvalue weighted by Gasteiger charge is 2.17. The van der Waals surface area contributed by atoms with Gasteiger partial charge in [-0.3, -0.25) is 9.59 Å². The Morgan fingerprint density at radius 2 is 2.05 bits per heavy atom. The van der Waals surface area contributed by atoms with Gasteiger partial charge in [-0.1, -0.05) is 11.6 Å². The largest absolute Gasteiger partial charge is 0.506 e. The van der Waals surface area contributed by atoms with Gasteiger partial charge in [0.2, 0.25) is 11.7 Å². The first-order valence-electron chi connectivity index (χ1n) is 6.16. The van der Waals surface area contributed by atoms with Crippen molar-refractivity contribution >= 4 is 34.7 Å². The third-order valence-electron chi connectivity index (χ3n) is 2.79. The first-order chi connectivity index (χ1) is 9.86. The molecule has 0 saturated heterocycles. The normalized spacial score (nSPS) is 16.5. The zero-order valence-corrected chi connectivity index (χ0v) is 12.2. The molecule has 21 heavy (non-hydrogen) atoms. The molecule has 0 radical (unpaired) electrons. The number of benzene rings is 1. The van der Waals surface area contributed by atoms with E-state index < -0.39 is 0 Å². The molecule has 6 heteroatoms. The zero-order valence-electron chi connectivity index (χ0n) is 11.5. The predicted molar refractivity (Wildman–Crippen MR) is 80.9 cm³/mol. The van der Waals surface area contributed by atoms with E-state index in [0.717, 1.165) is 0 Å². The number of phenolic OH excluding ortho intramolecular Hbond substituents is 1. The van der Waals surface area contributed by atoms with Crippen LogP contribution in [0.5, 0.6) is 5.75 Å². The Hall–Kier alpha value is -2.40. The number of carbonyl (C=O) groups is 2.